The Morgan fingerprint density at radius 2 is 1.76 bits per heavy atom. The van der Waals surface area contributed by atoms with Crippen LogP contribution in [0.2, 0.25) is 0 Å². The van der Waals surface area contributed by atoms with E-state index in [9.17, 15) is 23.7 Å². The minimum atomic E-state index is -1.25. The molecule has 0 aliphatic carbocycles. The number of carbonyl (C=O) groups is 1. The molecular formula is C15H18F2N2O6. The zero-order valence-electron chi connectivity index (χ0n) is 14.1. The van der Waals surface area contributed by atoms with Crippen LogP contribution >= 0.6 is 0 Å². The Morgan fingerprint density at radius 3 is 2.08 bits per heavy atom. The molecule has 0 heterocycles. The number of halogens is 2. The first-order valence-corrected chi connectivity index (χ1v) is 6.95. The summed E-state index contributed by atoms with van der Waals surface area (Å²) in [5.74, 6) is -4.91. The lowest BCUT2D eigenvalue weighted by Gasteiger charge is -2.22. The molecule has 0 radical (unpaired) electrons. The second kappa shape index (κ2) is 10.1. The second-order valence-corrected chi connectivity index (χ2v) is 5.23. The standard InChI is InChI=1S/C14H18F2N2O4.CO2/c1-8(14(19)22-4)10(7-18(20)21)13-11(15)5-9(17(2)3)6-12(13)16;2-1-3/h5-6,8,10H,7H2,1-4H3;/t8?,10-;/m1./s1. The molecule has 25 heavy (non-hydrogen) atoms. The van der Waals surface area contributed by atoms with E-state index in [4.69, 9.17) is 9.59 Å². The maximum absolute atomic E-state index is 14.3. The summed E-state index contributed by atoms with van der Waals surface area (Å²) in [6.07, 6.45) is 0.250. The van der Waals surface area contributed by atoms with Crippen molar-refractivity contribution in [2.24, 2.45) is 5.92 Å². The second-order valence-electron chi connectivity index (χ2n) is 5.23. The summed E-state index contributed by atoms with van der Waals surface area (Å²) in [6, 6.07) is 2.16. The fourth-order valence-electron chi connectivity index (χ4n) is 2.19. The first kappa shape index (κ1) is 22.1. The molecule has 10 heteroatoms. The maximum Gasteiger partial charge on any atom is 0.373 e. The minimum Gasteiger partial charge on any atom is -0.469 e. The van der Waals surface area contributed by atoms with Crippen molar-refractivity contribution in [1.29, 1.82) is 0 Å². The number of carbonyl (C=O) groups excluding carboxylic acids is 3. The number of methoxy groups -OCH3 is 1. The summed E-state index contributed by atoms with van der Waals surface area (Å²) in [6.45, 7) is 0.574. The van der Waals surface area contributed by atoms with Gasteiger partial charge in [0.15, 0.2) is 0 Å². The van der Waals surface area contributed by atoms with Crippen molar-refractivity contribution in [3.05, 3.63) is 39.4 Å². The molecule has 0 fully saturated rings. The number of hydrogen-bond donors (Lipinski definition) is 0. The number of ether oxygens (including phenoxy) is 1. The van der Waals surface area contributed by atoms with Crippen molar-refractivity contribution in [1.82, 2.24) is 0 Å². The number of nitro groups is 1. The zero-order chi connectivity index (χ0) is 19.7. The van der Waals surface area contributed by atoms with Crippen LogP contribution in [0.5, 0.6) is 0 Å². The maximum atomic E-state index is 14.3. The highest BCUT2D eigenvalue weighted by atomic mass is 19.1. The molecule has 1 aromatic carbocycles. The molecule has 0 saturated carbocycles. The van der Waals surface area contributed by atoms with Crippen molar-refractivity contribution in [2.45, 2.75) is 12.8 Å². The van der Waals surface area contributed by atoms with E-state index in [0.717, 1.165) is 19.2 Å². The Kier molecular flexibility index (Phi) is 8.93. The van der Waals surface area contributed by atoms with Crippen molar-refractivity contribution < 1.29 is 32.8 Å². The molecule has 1 unspecified atom stereocenters. The molecule has 138 valence electrons. The third kappa shape index (κ3) is 6.27. The van der Waals surface area contributed by atoms with E-state index in [1.54, 1.807) is 14.1 Å². The van der Waals surface area contributed by atoms with Crippen LogP contribution in [-0.2, 0) is 19.1 Å². The van der Waals surface area contributed by atoms with E-state index in [1.165, 1.54) is 11.8 Å². The summed E-state index contributed by atoms with van der Waals surface area (Å²) in [5.41, 5.74) is -0.190. The highest BCUT2D eigenvalue weighted by Crippen LogP contribution is 2.32. The van der Waals surface area contributed by atoms with E-state index in [1.807, 2.05) is 0 Å². The lowest BCUT2D eigenvalue weighted by molar-refractivity contribution is -0.484. The van der Waals surface area contributed by atoms with E-state index in [-0.39, 0.29) is 11.8 Å². The van der Waals surface area contributed by atoms with Crippen LogP contribution in [0, 0.1) is 27.7 Å². The molecule has 0 saturated heterocycles. The van der Waals surface area contributed by atoms with Gasteiger partial charge in [0.1, 0.15) is 11.6 Å². The number of rotatable bonds is 6. The summed E-state index contributed by atoms with van der Waals surface area (Å²) in [7, 11) is 4.34. The highest BCUT2D eigenvalue weighted by molar-refractivity contribution is 5.73. The predicted octanol–water partition coefficient (Wildman–Crippen LogP) is 1.62. The summed E-state index contributed by atoms with van der Waals surface area (Å²) in [4.78, 5) is 39.5. The van der Waals surface area contributed by atoms with Gasteiger partial charge in [-0.1, -0.05) is 6.92 Å². The topological polar surface area (TPSA) is 107 Å². The van der Waals surface area contributed by atoms with Crippen LogP contribution in [0.3, 0.4) is 0 Å². The van der Waals surface area contributed by atoms with Gasteiger partial charge in [-0.05, 0) is 12.1 Å². The summed E-state index contributed by atoms with van der Waals surface area (Å²) in [5, 5.41) is 10.8. The van der Waals surface area contributed by atoms with Gasteiger partial charge in [-0.2, -0.15) is 9.59 Å². The van der Waals surface area contributed by atoms with Crippen LogP contribution in [0.4, 0.5) is 14.5 Å². The fraction of sp³-hybridized carbons (Fsp3) is 0.467. The SMILES string of the molecule is COC(=O)C(C)[C@@H](C[N+](=O)[O-])c1c(F)cc(N(C)C)cc1F.O=C=O. The van der Waals surface area contributed by atoms with Gasteiger partial charge in [0.25, 0.3) is 0 Å². The Morgan fingerprint density at radius 1 is 1.32 bits per heavy atom. The molecule has 1 rings (SSSR count). The van der Waals surface area contributed by atoms with Crippen LogP contribution in [0.15, 0.2) is 12.1 Å². The van der Waals surface area contributed by atoms with Crippen LogP contribution < -0.4 is 4.90 Å². The molecule has 0 aliphatic rings. The first-order chi connectivity index (χ1) is 11.6. The summed E-state index contributed by atoms with van der Waals surface area (Å²) >= 11 is 0. The highest BCUT2D eigenvalue weighted by Gasteiger charge is 2.35. The smallest absolute Gasteiger partial charge is 0.373 e. The van der Waals surface area contributed by atoms with Crippen molar-refractivity contribution >= 4 is 17.8 Å². The third-order valence-corrected chi connectivity index (χ3v) is 3.47. The van der Waals surface area contributed by atoms with Crippen molar-refractivity contribution in [3.8, 4) is 0 Å². The number of nitrogens with zero attached hydrogens (tertiary/aromatic N) is 2. The van der Waals surface area contributed by atoms with Crippen LogP contribution in [0.1, 0.15) is 18.4 Å². The monoisotopic (exact) mass is 360 g/mol. The molecule has 0 aromatic heterocycles. The zero-order valence-corrected chi connectivity index (χ0v) is 14.1. The van der Waals surface area contributed by atoms with Gasteiger partial charge in [-0.15, -0.1) is 0 Å². The molecule has 0 N–H and O–H groups in total. The van der Waals surface area contributed by atoms with E-state index in [0.29, 0.717) is 0 Å². The van der Waals surface area contributed by atoms with Gasteiger partial charge in [0, 0.05) is 30.3 Å². The third-order valence-electron chi connectivity index (χ3n) is 3.47. The lowest BCUT2D eigenvalue weighted by Crippen LogP contribution is -2.28. The van der Waals surface area contributed by atoms with E-state index >= 15 is 0 Å². The molecule has 2 atom stereocenters. The Bertz CT molecular complexity index is 636. The average Bonchev–Trinajstić information content (AvgIpc) is 2.51. The largest absolute Gasteiger partial charge is 0.469 e. The Labute approximate surface area is 142 Å². The summed E-state index contributed by atoms with van der Waals surface area (Å²) < 4.78 is 33.0. The Hall–Kier alpha value is -2.87. The van der Waals surface area contributed by atoms with Gasteiger partial charge in [-0.25, -0.2) is 8.78 Å². The van der Waals surface area contributed by atoms with Gasteiger partial charge < -0.3 is 9.64 Å². The van der Waals surface area contributed by atoms with Crippen molar-refractivity contribution in [2.75, 3.05) is 32.6 Å². The van der Waals surface area contributed by atoms with Gasteiger partial charge >= 0.3 is 12.1 Å². The van der Waals surface area contributed by atoms with Gasteiger partial charge in [-0.3, -0.25) is 14.9 Å². The quantitative estimate of drug-likeness (QED) is 0.431. The van der Waals surface area contributed by atoms with Gasteiger partial charge in [0.2, 0.25) is 6.54 Å². The number of hydrogen-bond acceptors (Lipinski definition) is 7. The van der Waals surface area contributed by atoms with Crippen LogP contribution in [-0.4, -0.2) is 44.8 Å². The first-order valence-electron chi connectivity index (χ1n) is 6.95. The molecule has 0 amide bonds. The number of anilines is 1. The van der Waals surface area contributed by atoms with Gasteiger partial charge in [0.05, 0.1) is 18.9 Å². The predicted molar refractivity (Wildman–Crippen MR) is 81.5 cm³/mol. The average molecular weight is 360 g/mol. The minimum absolute atomic E-state index is 0.250. The molecule has 1 aromatic rings. The number of benzene rings is 1. The number of esters is 1. The molecule has 0 spiro atoms. The molecule has 0 bridgehead atoms. The fourth-order valence-corrected chi connectivity index (χ4v) is 2.19. The van der Waals surface area contributed by atoms with E-state index < -0.39 is 46.5 Å². The van der Waals surface area contributed by atoms with Crippen molar-refractivity contribution in [3.63, 3.8) is 0 Å². The lowest BCUT2D eigenvalue weighted by atomic mass is 9.86. The molecule has 0 aliphatic heterocycles. The molecular weight excluding hydrogens is 342 g/mol. The molecule has 8 nitrogen and oxygen atoms in total. The Balaban J connectivity index is 0.00000178. The van der Waals surface area contributed by atoms with Crippen LogP contribution in [0.25, 0.3) is 0 Å². The van der Waals surface area contributed by atoms with E-state index in [2.05, 4.69) is 4.74 Å². The normalized spacial score (nSPS) is 12.1.